The molecule has 0 saturated heterocycles. The molecule has 0 aliphatic heterocycles. The number of halogens is 3. The van der Waals surface area contributed by atoms with Crippen LogP contribution in [0.1, 0.15) is 39.5 Å². The normalized spacial score (nSPS) is 27.5. The average Bonchev–Trinajstić information content (AvgIpc) is 2.69. The molecular formula is C13H23F3N2O2. The molecule has 1 aliphatic carbocycles. The summed E-state index contributed by atoms with van der Waals surface area (Å²) in [5.41, 5.74) is -1.01. The summed E-state index contributed by atoms with van der Waals surface area (Å²) in [5.74, 6) is -0.919. The lowest BCUT2D eigenvalue weighted by Crippen LogP contribution is -2.53. The van der Waals surface area contributed by atoms with E-state index in [9.17, 15) is 23.1 Å². The maximum Gasteiger partial charge on any atom is 0.390 e. The van der Waals surface area contributed by atoms with E-state index in [4.69, 9.17) is 0 Å². The molecule has 0 aromatic rings. The summed E-state index contributed by atoms with van der Waals surface area (Å²) in [6.07, 6.45) is -3.65. The molecule has 0 aromatic carbocycles. The highest BCUT2D eigenvalue weighted by Gasteiger charge is 2.46. The maximum absolute atomic E-state index is 12.2. The number of nitrogens with one attached hydrogen (secondary N) is 1. The van der Waals surface area contributed by atoms with Crippen molar-refractivity contribution in [3.63, 3.8) is 0 Å². The van der Waals surface area contributed by atoms with Crippen molar-refractivity contribution in [3.8, 4) is 0 Å². The van der Waals surface area contributed by atoms with Crippen LogP contribution in [0.15, 0.2) is 0 Å². The first-order valence-electron chi connectivity index (χ1n) is 6.84. The molecule has 4 nitrogen and oxygen atoms in total. The molecule has 2 atom stereocenters. The summed E-state index contributed by atoms with van der Waals surface area (Å²) in [5, 5.41) is 12.5. The standard InChI is InChI=1S/C13H23F3N2O2/c1-9(2)17-12(11(19)20)5-4-10(8-12)18(3)7-6-13(14,15)16/h9-10,17H,4-8H2,1-3H3,(H,19,20). The Morgan fingerprint density at radius 3 is 2.55 bits per heavy atom. The summed E-state index contributed by atoms with van der Waals surface area (Å²) in [6.45, 7) is 3.64. The van der Waals surface area contributed by atoms with Crippen LogP contribution in [-0.2, 0) is 4.79 Å². The smallest absolute Gasteiger partial charge is 0.390 e. The summed E-state index contributed by atoms with van der Waals surface area (Å²) in [7, 11) is 1.63. The van der Waals surface area contributed by atoms with Gasteiger partial charge >= 0.3 is 12.1 Å². The van der Waals surface area contributed by atoms with Gasteiger partial charge in [-0.2, -0.15) is 13.2 Å². The first kappa shape index (κ1) is 17.2. The minimum absolute atomic E-state index is 0.0188. The van der Waals surface area contributed by atoms with E-state index in [0.717, 1.165) is 0 Å². The first-order valence-corrected chi connectivity index (χ1v) is 6.84. The SMILES string of the molecule is CC(C)NC1(C(=O)O)CCC(N(C)CCC(F)(F)F)C1. The molecule has 1 rings (SSSR count). The zero-order valence-corrected chi connectivity index (χ0v) is 12.1. The molecule has 0 bridgehead atoms. The Bertz CT molecular complexity index is 347. The monoisotopic (exact) mass is 296 g/mol. The van der Waals surface area contributed by atoms with Crippen LogP contribution >= 0.6 is 0 Å². The number of aliphatic carboxylic acids is 1. The number of hydrogen-bond acceptors (Lipinski definition) is 3. The topological polar surface area (TPSA) is 52.6 Å². The Hall–Kier alpha value is -0.820. The van der Waals surface area contributed by atoms with Crippen molar-refractivity contribution in [2.75, 3.05) is 13.6 Å². The van der Waals surface area contributed by atoms with Crippen molar-refractivity contribution in [1.82, 2.24) is 10.2 Å². The number of hydrogen-bond donors (Lipinski definition) is 2. The molecule has 118 valence electrons. The van der Waals surface area contributed by atoms with Gasteiger partial charge in [-0.05, 0) is 40.2 Å². The number of alkyl halides is 3. The van der Waals surface area contributed by atoms with Crippen molar-refractivity contribution in [3.05, 3.63) is 0 Å². The van der Waals surface area contributed by atoms with Crippen LogP contribution in [0.4, 0.5) is 13.2 Å². The molecule has 7 heteroatoms. The molecule has 2 unspecified atom stereocenters. The fourth-order valence-electron chi connectivity index (χ4n) is 2.82. The molecule has 2 N–H and O–H groups in total. The quantitative estimate of drug-likeness (QED) is 0.789. The van der Waals surface area contributed by atoms with Gasteiger partial charge in [-0.1, -0.05) is 0 Å². The van der Waals surface area contributed by atoms with Gasteiger partial charge in [-0.15, -0.1) is 0 Å². The predicted octanol–water partition coefficient (Wildman–Crippen LogP) is 2.24. The van der Waals surface area contributed by atoms with Crippen LogP contribution in [-0.4, -0.2) is 53.4 Å². The molecule has 0 heterocycles. The summed E-state index contributed by atoms with van der Waals surface area (Å²) in [6, 6.07) is -0.106. The lowest BCUT2D eigenvalue weighted by Gasteiger charge is -2.30. The summed E-state index contributed by atoms with van der Waals surface area (Å²) >= 11 is 0. The molecule has 0 amide bonds. The molecule has 1 aliphatic rings. The fourth-order valence-corrected chi connectivity index (χ4v) is 2.82. The van der Waals surface area contributed by atoms with E-state index in [-0.39, 0.29) is 18.6 Å². The minimum atomic E-state index is -4.17. The Balaban J connectivity index is 2.62. The lowest BCUT2D eigenvalue weighted by molar-refractivity contribution is -0.145. The highest BCUT2D eigenvalue weighted by Crippen LogP contribution is 2.34. The number of carboxylic acid groups (broad SMARTS) is 1. The second kappa shape index (κ2) is 6.30. The Kier molecular flexibility index (Phi) is 5.43. The Morgan fingerprint density at radius 1 is 1.50 bits per heavy atom. The molecule has 0 radical (unpaired) electrons. The maximum atomic E-state index is 12.2. The summed E-state index contributed by atoms with van der Waals surface area (Å²) in [4.78, 5) is 13.1. The number of rotatable bonds is 6. The fraction of sp³-hybridized carbons (Fsp3) is 0.923. The van der Waals surface area contributed by atoms with Gasteiger partial charge in [0.05, 0.1) is 6.42 Å². The van der Waals surface area contributed by atoms with E-state index < -0.39 is 24.1 Å². The number of carboxylic acids is 1. The molecule has 0 spiro atoms. The summed E-state index contributed by atoms with van der Waals surface area (Å²) < 4.78 is 36.7. The number of nitrogens with zero attached hydrogens (tertiary/aromatic N) is 1. The van der Waals surface area contributed by atoms with Crippen molar-refractivity contribution >= 4 is 5.97 Å². The van der Waals surface area contributed by atoms with Gasteiger partial charge < -0.3 is 10.0 Å². The number of carbonyl (C=O) groups is 1. The van der Waals surface area contributed by atoms with E-state index in [0.29, 0.717) is 19.3 Å². The largest absolute Gasteiger partial charge is 0.480 e. The third-order valence-electron chi connectivity index (χ3n) is 3.83. The third kappa shape index (κ3) is 4.63. The van der Waals surface area contributed by atoms with Crippen molar-refractivity contribution in [1.29, 1.82) is 0 Å². The highest BCUT2D eigenvalue weighted by atomic mass is 19.4. The van der Waals surface area contributed by atoms with E-state index >= 15 is 0 Å². The zero-order chi connectivity index (χ0) is 15.6. The Morgan fingerprint density at radius 2 is 2.10 bits per heavy atom. The van der Waals surface area contributed by atoms with Crippen LogP contribution in [0.25, 0.3) is 0 Å². The van der Waals surface area contributed by atoms with Gasteiger partial charge in [0.25, 0.3) is 0 Å². The van der Waals surface area contributed by atoms with Crippen LogP contribution in [0.3, 0.4) is 0 Å². The van der Waals surface area contributed by atoms with Crippen LogP contribution in [0.5, 0.6) is 0 Å². The van der Waals surface area contributed by atoms with Crippen LogP contribution in [0.2, 0.25) is 0 Å². The second-order valence-corrected chi connectivity index (χ2v) is 5.93. The van der Waals surface area contributed by atoms with Crippen molar-refractivity contribution in [2.24, 2.45) is 0 Å². The highest BCUT2D eigenvalue weighted by molar-refractivity contribution is 5.79. The second-order valence-electron chi connectivity index (χ2n) is 5.93. The Labute approximate surface area is 117 Å². The van der Waals surface area contributed by atoms with E-state index in [1.165, 1.54) is 0 Å². The predicted molar refractivity (Wildman–Crippen MR) is 69.6 cm³/mol. The van der Waals surface area contributed by atoms with Gasteiger partial charge in [0, 0.05) is 18.6 Å². The molecular weight excluding hydrogens is 273 g/mol. The van der Waals surface area contributed by atoms with E-state index in [1.54, 1.807) is 11.9 Å². The molecule has 0 aromatic heterocycles. The van der Waals surface area contributed by atoms with Crippen LogP contribution < -0.4 is 5.32 Å². The zero-order valence-electron chi connectivity index (χ0n) is 12.1. The van der Waals surface area contributed by atoms with Crippen molar-refractivity contribution in [2.45, 2.75) is 63.3 Å². The van der Waals surface area contributed by atoms with E-state index in [1.807, 2.05) is 13.8 Å². The van der Waals surface area contributed by atoms with E-state index in [2.05, 4.69) is 5.32 Å². The average molecular weight is 296 g/mol. The third-order valence-corrected chi connectivity index (χ3v) is 3.83. The lowest BCUT2D eigenvalue weighted by atomic mass is 9.96. The van der Waals surface area contributed by atoms with Gasteiger partial charge in [0.2, 0.25) is 0 Å². The van der Waals surface area contributed by atoms with Crippen LogP contribution in [0, 0.1) is 0 Å². The van der Waals surface area contributed by atoms with Gasteiger partial charge in [0.15, 0.2) is 0 Å². The van der Waals surface area contributed by atoms with Gasteiger partial charge in [0.1, 0.15) is 5.54 Å². The van der Waals surface area contributed by atoms with Crippen molar-refractivity contribution < 1.29 is 23.1 Å². The molecule has 1 saturated carbocycles. The minimum Gasteiger partial charge on any atom is -0.480 e. The van der Waals surface area contributed by atoms with Gasteiger partial charge in [-0.25, -0.2) is 0 Å². The molecule has 1 fully saturated rings. The first-order chi connectivity index (χ1) is 9.06. The van der Waals surface area contributed by atoms with Gasteiger partial charge in [-0.3, -0.25) is 10.1 Å². The molecule has 20 heavy (non-hydrogen) atoms.